The average Bonchev–Trinajstić information content (AvgIpc) is 2.58. The maximum atomic E-state index is 12.9. The molecule has 0 unspecified atom stereocenters. The van der Waals surface area contributed by atoms with Crippen LogP contribution >= 0.6 is 0 Å². The predicted octanol–water partition coefficient (Wildman–Crippen LogP) is 3.37. The largest absolute Gasteiger partial charge is 0.338 e. The topological polar surface area (TPSA) is 86.5 Å². The van der Waals surface area contributed by atoms with Gasteiger partial charge in [-0.2, -0.15) is 15.3 Å². The number of aromatic nitrogens is 3. The smallest absolute Gasteiger partial charge is 0.249 e. The van der Waals surface area contributed by atoms with E-state index in [4.69, 9.17) is 5.26 Å². The summed E-state index contributed by atoms with van der Waals surface area (Å²) in [5.74, 6) is 0.376. The quantitative estimate of drug-likeness (QED) is 0.768. The van der Waals surface area contributed by atoms with Gasteiger partial charge in [-0.3, -0.25) is 0 Å². The van der Waals surface area contributed by atoms with Crippen molar-refractivity contribution in [2.45, 2.75) is 0 Å². The monoisotopic (exact) mass is 306 g/mol. The molecule has 2 aromatic carbocycles. The molecule has 1 heterocycles. The Hall–Kier alpha value is -3.53. The lowest BCUT2D eigenvalue weighted by molar-refractivity contribution is 0.628. The summed E-state index contributed by atoms with van der Waals surface area (Å²) in [6, 6.07) is 15.0. The highest BCUT2D eigenvalue weighted by Gasteiger charge is 2.05. The maximum absolute atomic E-state index is 12.9. The van der Waals surface area contributed by atoms with Gasteiger partial charge in [0.2, 0.25) is 5.95 Å². The van der Waals surface area contributed by atoms with Crippen LogP contribution < -0.4 is 10.6 Å². The Balaban J connectivity index is 1.80. The van der Waals surface area contributed by atoms with Gasteiger partial charge in [-0.05, 0) is 36.4 Å². The summed E-state index contributed by atoms with van der Waals surface area (Å²) in [7, 11) is 0. The molecule has 112 valence electrons. The van der Waals surface area contributed by atoms with Gasteiger partial charge in [0.1, 0.15) is 11.9 Å². The van der Waals surface area contributed by atoms with Gasteiger partial charge in [-0.25, -0.2) is 4.39 Å². The first-order chi connectivity index (χ1) is 11.2. The van der Waals surface area contributed by atoms with E-state index in [1.807, 2.05) is 6.07 Å². The Morgan fingerprint density at radius 2 is 1.78 bits per heavy atom. The molecular formula is C16H11FN6. The van der Waals surface area contributed by atoms with E-state index in [0.717, 1.165) is 0 Å². The number of hydrogen-bond acceptors (Lipinski definition) is 6. The minimum Gasteiger partial charge on any atom is -0.338 e. The molecular weight excluding hydrogens is 295 g/mol. The standard InChI is InChI=1S/C16H11FN6/c17-12-5-7-13(8-6-12)20-16-22-15(10-19-23-16)21-14-4-2-1-3-11(14)9-18/h1-8,10H,(H2,20,21,22,23). The minimum atomic E-state index is -0.321. The Kier molecular flexibility index (Phi) is 4.07. The fraction of sp³-hybridized carbons (Fsp3) is 0. The van der Waals surface area contributed by atoms with Crippen molar-refractivity contribution in [2.24, 2.45) is 0 Å². The molecule has 0 saturated heterocycles. The summed E-state index contributed by atoms with van der Waals surface area (Å²) in [6.45, 7) is 0. The lowest BCUT2D eigenvalue weighted by Crippen LogP contribution is -2.03. The molecule has 0 spiro atoms. The van der Waals surface area contributed by atoms with E-state index < -0.39 is 0 Å². The van der Waals surface area contributed by atoms with Crippen molar-refractivity contribution in [3.05, 3.63) is 66.1 Å². The first kappa shape index (κ1) is 14.4. The van der Waals surface area contributed by atoms with Crippen LogP contribution in [0.2, 0.25) is 0 Å². The molecule has 3 rings (SSSR count). The first-order valence-corrected chi connectivity index (χ1v) is 6.73. The average molecular weight is 306 g/mol. The Bertz CT molecular complexity index is 857. The van der Waals surface area contributed by atoms with Crippen LogP contribution in [-0.4, -0.2) is 15.2 Å². The van der Waals surface area contributed by atoms with E-state index in [1.54, 1.807) is 30.3 Å². The summed E-state index contributed by atoms with van der Waals surface area (Å²) in [4.78, 5) is 4.26. The number of rotatable bonds is 4. The molecule has 0 radical (unpaired) electrons. The van der Waals surface area contributed by atoms with Crippen molar-refractivity contribution in [3.63, 3.8) is 0 Å². The van der Waals surface area contributed by atoms with Gasteiger partial charge in [0.05, 0.1) is 17.4 Å². The van der Waals surface area contributed by atoms with E-state index >= 15 is 0 Å². The number of benzene rings is 2. The van der Waals surface area contributed by atoms with Gasteiger partial charge in [-0.15, -0.1) is 5.10 Å². The Morgan fingerprint density at radius 1 is 1.00 bits per heavy atom. The molecule has 2 N–H and O–H groups in total. The second-order valence-electron chi connectivity index (χ2n) is 4.58. The van der Waals surface area contributed by atoms with Gasteiger partial charge in [-0.1, -0.05) is 12.1 Å². The third kappa shape index (κ3) is 3.57. The first-order valence-electron chi connectivity index (χ1n) is 6.73. The molecule has 0 fully saturated rings. The number of anilines is 4. The lowest BCUT2D eigenvalue weighted by atomic mass is 10.2. The van der Waals surface area contributed by atoms with Gasteiger partial charge < -0.3 is 10.6 Å². The lowest BCUT2D eigenvalue weighted by Gasteiger charge is -2.08. The van der Waals surface area contributed by atoms with Crippen LogP contribution in [0.3, 0.4) is 0 Å². The highest BCUT2D eigenvalue weighted by molar-refractivity contribution is 5.64. The molecule has 0 atom stereocenters. The van der Waals surface area contributed by atoms with E-state index in [2.05, 4.69) is 31.9 Å². The van der Waals surface area contributed by atoms with E-state index in [1.165, 1.54) is 18.3 Å². The van der Waals surface area contributed by atoms with Crippen molar-refractivity contribution in [2.75, 3.05) is 10.6 Å². The number of nitrogens with one attached hydrogen (secondary N) is 2. The van der Waals surface area contributed by atoms with Crippen LogP contribution in [0.1, 0.15) is 5.56 Å². The van der Waals surface area contributed by atoms with Crippen molar-refractivity contribution in [1.29, 1.82) is 5.26 Å². The number of hydrogen-bond donors (Lipinski definition) is 2. The molecule has 7 heteroatoms. The Morgan fingerprint density at radius 3 is 2.57 bits per heavy atom. The fourth-order valence-electron chi connectivity index (χ4n) is 1.91. The SMILES string of the molecule is N#Cc1ccccc1Nc1cnnc(Nc2ccc(F)cc2)n1. The summed E-state index contributed by atoms with van der Waals surface area (Å²) in [5, 5.41) is 22.8. The molecule has 6 nitrogen and oxygen atoms in total. The molecule has 23 heavy (non-hydrogen) atoms. The summed E-state index contributed by atoms with van der Waals surface area (Å²) in [5.41, 5.74) is 1.77. The molecule has 3 aromatic rings. The molecule has 0 aliphatic carbocycles. The molecule has 0 aliphatic heterocycles. The molecule has 0 bridgehead atoms. The van der Waals surface area contributed by atoms with E-state index in [0.29, 0.717) is 22.8 Å². The van der Waals surface area contributed by atoms with Crippen LogP contribution in [0, 0.1) is 17.1 Å². The van der Waals surface area contributed by atoms with E-state index in [-0.39, 0.29) is 11.8 Å². The number of nitrogens with zero attached hydrogens (tertiary/aromatic N) is 4. The molecule has 1 aromatic heterocycles. The third-order valence-electron chi connectivity index (χ3n) is 2.97. The second-order valence-corrected chi connectivity index (χ2v) is 4.58. The van der Waals surface area contributed by atoms with Crippen molar-refractivity contribution < 1.29 is 4.39 Å². The minimum absolute atomic E-state index is 0.260. The van der Waals surface area contributed by atoms with Crippen molar-refractivity contribution in [1.82, 2.24) is 15.2 Å². The highest BCUT2D eigenvalue weighted by Crippen LogP contribution is 2.19. The van der Waals surface area contributed by atoms with Crippen LogP contribution in [0.4, 0.5) is 27.5 Å². The van der Waals surface area contributed by atoms with Crippen LogP contribution in [0.25, 0.3) is 0 Å². The number of para-hydroxylation sites is 1. The normalized spacial score (nSPS) is 9.91. The second kappa shape index (κ2) is 6.49. The zero-order valence-electron chi connectivity index (χ0n) is 11.9. The summed E-state index contributed by atoms with van der Waals surface area (Å²) >= 11 is 0. The summed E-state index contributed by atoms with van der Waals surface area (Å²) in [6.07, 6.45) is 1.45. The van der Waals surface area contributed by atoms with Crippen LogP contribution in [-0.2, 0) is 0 Å². The molecule has 0 saturated carbocycles. The Labute approximate surface area is 131 Å². The maximum Gasteiger partial charge on any atom is 0.249 e. The van der Waals surface area contributed by atoms with Gasteiger partial charge in [0, 0.05) is 5.69 Å². The molecule has 0 aliphatic rings. The van der Waals surface area contributed by atoms with Crippen molar-refractivity contribution >= 4 is 23.1 Å². The zero-order chi connectivity index (χ0) is 16.1. The summed E-state index contributed by atoms with van der Waals surface area (Å²) < 4.78 is 12.9. The highest BCUT2D eigenvalue weighted by atomic mass is 19.1. The van der Waals surface area contributed by atoms with Gasteiger partial charge in [0.15, 0.2) is 5.82 Å². The fourth-order valence-corrected chi connectivity index (χ4v) is 1.91. The van der Waals surface area contributed by atoms with Gasteiger partial charge in [0.25, 0.3) is 0 Å². The number of nitriles is 1. The molecule has 0 amide bonds. The van der Waals surface area contributed by atoms with Crippen molar-refractivity contribution in [3.8, 4) is 6.07 Å². The third-order valence-corrected chi connectivity index (χ3v) is 2.97. The van der Waals surface area contributed by atoms with Gasteiger partial charge >= 0.3 is 0 Å². The zero-order valence-corrected chi connectivity index (χ0v) is 11.9. The predicted molar refractivity (Wildman–Crippen MR) is 83.9 cm³/mol. The van der Waals surface area contributed by atoms with E-state index in [9.17, 15) is 4.39 Å². The van der Waals surface area contributed by atoms with Crippen LogP contribution in [0.15, 0.2) is 54.7 Å². The number of halogens is 1. The van der Waals surface area contributed by atoms with Crippen LogP contribution in [0.5, 0.6) is 0 Å².